The van der Waals surface area contributed by atoms with E-state index in [4.69, 9.17) is 15.4 Å². The minimum absolute atomic E-state index is 0.0287. The number of carbonyl (C=O) groups is 1. The van der Waals surface area contributed by atoms with Crippen LogP contribution in [0.4, 0.5) is 4.79 Å². The summed E-state index contributed by atoms with van der Waals surface area (Å²) in [6, 6.07) is 0. The molecule has 0 aliphatic rings. The summed E-state index contributed by atoms with van der Waals surface area (Å²) in [4.78, 5) is 11.1. The number of hydrogen-bond acceptors (Lipinski definition) is 4. The van der Waals surface area contributed by atoms with E-state index in [0.717, 1.165) is 0 Å². The molecule has 4 N–H and O–H groups in total. The monoisotopic (exact) mass is 217 g/mol. The van der Waals surface area contributed by atoms with E-state index in [1.807, 2.05) is 0 Å². The minimum Gasteiger partial charge on any atom is -0.444 e. The highest BCUT2D eigenvalue weighted by Crippen LogP contribution is 2.06. The first kappa shape index (κ1) is 13.7. The lowest BCUT2D eigenvalue weighted by Crippen LogP contribution is -2.33. The molecule has 0 saturated heterocycles. The molecule has 15 heavy (non-hydrogen) atoms. The largest absolute Gasteiger partial charge is 0.444 e. The fourth-order valence-corrected chi connectivity index (χ4v) is 0.826. The molecule has 0 heterocycles. The molecule has 0 rings (SSSR count). The average Bonchev–Trinajstić information content (AvgIpc) is 2.09. The molecule has 1 amide bonds. The molecular formula is C9H19N3O3. The van der Waals surface area contributed by atoms with Crippen LogP contribution in [0.25, 0.3) is 0 Å². The predicted octanol–water partition coefficient (Wildman–Crippen LogP) is 1.25. The SMILES string of the molecule is CC(C)(C)OC(=O)NCCCC(=N)NO. The smallest absolute Gasteiger partial charge is 0.407 e. The molecule has 0 spiro atoms. The van der Waals surface area contributed by atoms with Crippen LogP contribution >= 0.6 is 0 Å². The van der Waals surface area contributed by atoms with Crippen molar-refractivity contribution in [3.8, 4) is 0 Å². The van der Waals surface area contributed by atoms with Crippen LogP contribution in [0.5, 0.6) is 0 Å². The Morgan fingerprint density at radius 1 is 1.47 bits per heavy atom. The zero-order valence-corrected chi connectivity index (χ0v) is 9.39. The Kier molecular flexibility index (Phi) is 5.69. The fourth-order valence-electron chi connectivity index (χ4n) is 0.826. The summed E-state index contributed by atoms with van der Waals surface area (Å²) in [5.74, 6) is 0.0287. The molecule has 0 aromatic carbocycles. The van der Waals surface area contributed by atoms with E-state index in [-0.39, 0.29) is 5.84 Å². The van der Waals surface area contributed by atoms with Crippen LogP contribution in [0.1, 0.15) is 33.6 Å². The molecular weight excluding hydrogens is 198 g/mol. The molecule has 0 fully saturated rings. The van der Waals surface area contributed by atoms with Crippen LogP contribution in [0, 0.1) is 5.41 Å². The maximum atomic E-state index is 11.1. The molecule has 0 radical (unpaired) electrons. The molecule has 88 valence electrons. The van der Waals surface area contributed by atoms with Crippen LogP contribution in [0.2, 0.25) is 0 Å². The van der Waals surface area contributed by atoms with E-state index in [1.165, 1.54) is 0 Å². The number of hydrogen-bond donors (Lipinski definition) is 4. The number of nitrogens with one attached hydrogen (secondary N) is 3. The zero-order valence-electron chi connectivity index (χ0n) is 9.39. The van der Waals surface area contributed by atoms with Gasteiger partial charge in [0.15, 0.2) is 0 Å². The quantitative estimate of drug-likeness (QED) is 0.247. The van der Waals surface area contributed by atoms with Crippen molar-refractivity contribution >= 4 is 11.9 Å². The summed E-state index contributed by atoms with van der Waals surface area (Å²) < 4.78 is 5.00. The zero-order chi connectivity index (χ0) is 11.9. The fraction of sp³-hybridized carbons (Fsp3) is 0.778. The van der Waals surface area contributed by atoms with Crippen LogP contribution in [-0.2, 0) is 4.74 Å². The lowest BCUT2D eigenvalue weighted by Gasteiger charge is -2.19. The second-order valence-corrected chi connectivity index (χ2v) is 4.12. The van der Waals surface area contributed by atoms with Crippen molar-refractivity contribution in [1.29, 1.82) is 5.41 Å². The Bertz CT molecular complexity index is 223. The number of hydroxylamine groups is 1. The van der Waals surface area contributed by atoms with E-state index in [0.29, 0.717) is 19.4 Å². The third kappa shape index (κ3) is 9.01. The van der Waals surface area contributed by atoms with Crippen molar-refractivity contribution < 1.29 is 14.7 Å². The maximum absolute atomic E-state index is 11.1. The molecule has 6 heteroatoms. The first-order valence-electron chi connectivity index (χ1n) is 4.79. The summed E-state index contributed by atoms with van der Waals surface area (Å²) in [7, 11) is 0. The predicted molar refractivity (Wildman–Crippen MR) is 56.1 cm³/mol. The van der Waals surface area contributed by atoms with Gasteiger partial charge in [0.05, 0.1) is 0 Å². The molecule has 0 atom stereocenters. The first-order chi connectivity index (χ1) is 6.85. The Hall–Kier alpha value is -1.30. The van der Waals surface area contributed by atoms with Crippen LogP contribution in [-0.4, -0.2) is 29.3 Å². The van der Waals surface area contributed by atoms with E-state index >= 15 is 0 Å². The van der Waals surface area contributed by atoms with Gasteiger partial charge in [-0.05, 0) is 27.2 Å². The Balaban J connectivity index is 3.52. The van der Waals surface area contributed by atoms with E-state index in [2.05, 4.69) is 5.32 Å². The minimum atomic E-state index is -0.497. The van der Waals surface area contributed by atoms with Crippen molar-refractivity contribution in [2.75, 3.05) is 6.54 Å². The number of alkyl carbamates (subject to hydrolysis) is 1. The number of rotatable bonds is 4. The Labute approximate surface area is 89.5 Å². The Morgan fingerprint density at radius 3 is 2.53 bits per heavy atom. The number of amides is 1. The van der Waals surface area contributed by atoms with Crippen molar-refractivity contribution in [2.45, 2.75) is 39.2 Å². The topological polar surface area (TPSA) is 94.4 Å². The molecule has 0 saturated carbocycles. The lowest BCUT2D eigenvalue weighted by atomic mass is 10.2. The average molecular weight is 217 g/mol. The van der Waals surface area contributed by atoms with Gasteiger partial charge in [0, 0.05) is 13.0 Å². The normalized spacial score (nSPS) is 10.7. The van der Waals surface area contributed by atoms with Crippen LogP contribution in [0.3, 0.4) is 0 Å². The lowest BCUT2D eigenvalue weighted by molar-refractivity contribution is 0.0527. The van der Waals surface area contributed by atoms with Crippen LogP contribution < -0.4 is 10.8 Å². The van der Waals surface area contributed by atoms with Crippen molar-refractivity contribution in [1.82, 2.24) is 10.8 Å². The standard InChI is InChI=1S/C9H19N3O3/c1-9(2,3)15-8(13)11-6-4-5-7(10)12-14/h14H,4-6H2,1-3H3,(H2,10,12)(H,11,13). The van der Waals surface area contributed by atoms with E-state index < -0.39 is 11.7 Å². The summed E-state index contributed by atoms with van der Waals surface area (Å²) in [6.07, 6.45) is 0.490. The molecule has 0 aliphatic heterocycles. The van der Waals surface area contributed by atoms with Gasteiger partial charge in [-0.1, -0.05) is 0 Å². The number of amidine groups is 1. The van der Waals surface area contributed by atoms with E-state index in [9.17, 15) is 4.79 Å². The molecule has 0 aromatic heterocycles. The number of carbonyl (C=O) groups excluding carboxylic acids is 1. The van der Waals surface area contributed by atoms with Gasteiger partial charge >= 0.3 is 6.09 Å². The first-order valence-corrected chi connectivity index (χ1v) is 4.79. The second-order valence-electron chi connectivity index (χ2n) is 4.12. The highest BCUT2D eigenvalue weighted by atomic mass is 16.6. The summed E-state index contributed by atoms with van der Waals surface area (Å²) in [5, 5.41) is 17.9. The third-order valence-electron chi connectivity index (χ3n) is 1.41. The van der Waals surface area contributed by atoms with Crippen LogP contribution in [0.15, 0.2) is 0 Å². The highest BCUT2D eigenvalue weighted by Gasteiger charge is 2.15. The highest BCUT2D eigenvalue weighted by molar-refractivity contribution is 5.77. The van der Waals surface area contributed by atoms with Gasteiger partial charge < -0.3 is 10.1 Å². The van der Waals surface area contributed by atoms with Gasteiger partial charge in [-0.3, -0.25) is 16.1 Å². The molecule has 0 bridgehead atoms. The van der Waals surface area contributed by atoms with Gasteiger partial charge in [-0.25, -0.2) is 4.79 Å². The molecule has 0 aliphatic carbocycles. The summed E-state index contributed by atoms with van der Waals surface area (Å²) >= 11 is 0. The summed E-state index contributed by atoms with van der Waals surface area (Å²) in [5.41, 5.74) is 1.23. The maximum Gasteiger partial charge on any atom is 0.407 e. The number of ether oxygens (including phenoxy) is 1. The van der Waals surface area contributed by atoms with Crippen molar-refractivity contribution in [3.63, 3.8) is 0 Å². The van der Waals surface area contributed by atoms with Gasteiger partial charge in [0.2, 0.25) is 0 Å². The third-order valence-corrected chi connectivity index (χ3v) is 1.41. The van der Waals surface area contributed by atoms with Gasteiger partial charge in [0.1, 0.15) is 11.4 Å². The summed E-state index contributed by atoms with van der Waals surface area (Å²) in [6.45, 7) is 5.78. The van der Waals surface area contributed by atoms with E-state index in [1.54, 1.807) is 26.3 Å². The van der Waals surface area contributed by atoms with Gasteiger partial charge in [-0.15, -0.1) is 0 Å². The van der Waals surface area contributed by atoms with Gasteiger partial charge in [-0.2, -0.15) is 0 Å². The Morgan fingerprint density at radius 2 is 2.07 bits per heavy atom. The molecule has 6 nitrogen and oxygen atoms in total. The second kappa shape index (κ2) is 6.23. The molecule has 0 aromatic rings. The van der Waals surface area contributed by atoms with Crippen molar-refractivity contribution in [3.05, 3.63) is 0 Å². The van der Waals surface area contributed by atoms with Gasteiger partial charge in [0.25, 0.3) is 0 Å². The van der Waals surface area contributed by atoms with Crippen molar-refractivity contribution in [2.24, 2.45) is 0 Å². The molecule has 0 unspecified atom stereocenters.